The summed E-state index contributed by atoms with van der Waals surface area (Å²) in [5, 5.41) is 19.2. The van der Waals surface area contributed by atoms with Gasteiger partial charge in [0.2, 0.25) is 5.91 Å². The van der Waals surface area contributed by atoms with Gasteiger partial charge < -0.3 is 16.0 Å². The molecule has 0 atom stereocenters. The van der Waals surface area contributed by atoms with E-state index in [0.29, 0.717) is 22.1 Å². The second-order valence-corrected chi connectivity index (χ2v) is 8.58. The lowest BCUT2D eigenvalue weighted by atomic mass is 10.1. The van der Waals surface area contributed by atoms with E-state index >= 15 is 0 Å². The van der Waals surface area contributed by atoms with Crippen molar-refractivity contribution in [1.29, 1.82) is 5.26 Å². The third-order valence-corrected chi connectivity index (χ3v) is 5.95. The fraction of sp³-hybridized carbons (Fsp3) is 0.115. The van der Waals surface area contributed by atoms with Crippen LogP contribution in [0, 0.1) is 11.3 Å². The molecule has 0 saturated carbocycles. The van der Waals surface area contributed by atoms with Gasteiger partial charge in [0, 0.05) is 22.1 Å². The number of hydrogen-bond donors (Lipinski definition) is 3. The van der Waals surface area contributed by atoms with E-state index in [9.17, 15) is 14.9 Å². The number of nitriles is 1. The number of thioether (sulfide) groups is 1. The van der Waals surface area contributed by atoms with Gasteiger partial charge in [0.25, 0.3) is 5.91 Å². The highest BCUT2D eigenvalue weighted by molar-refractivity contribution is 8.03. The fourth-order valence-electron chi connectivity index (χ4n) is 2.91. The molecule has 0 heterocycles. The predicted molar refractivity (Wildman–Crippen MR) is 140 cm³/mol. The summed E-state index contributed by atoms with van der Waals surface area (Å²) in [7, 11) is 0. The summed E-state index contributed by atoms with van der Waals surface area (Å²) in [6.07, 6.45) is 0.915. The number of carbonyl (C=O) groups is 2. The summed E-state index contributed by atoms with van der Waals surface area (Å²) in [6.45, 7) is 2.06. The van der Waals surface area contributed by atoms with Crippen molar-refractivity contribution in [2.75, 3.05) is 21.7 Å². The van der Waals surface area contributed by atoms with Crippen molar-refractivity contribution in [3.05, 3.63) is 100 Å². The van der Waals surface area contributed by atoms with Crippen LogP contribution in [0.1, 0.15) is 12.5 Å². The van der Waals surface area contributed by atoms with Crippen LogP contribution in [0.5, 0.6) is 0 Å². The summed E-state index contributed by atoms with van der Waals surface area (Å²) >= 11 is 6.97. The first-order valence-corrected chi connectivity index (χ1v) is 11.9. The van der Waals surface area contributed by atoms with Gasteiger partial charge >= 0.3 is 0 Å². The van der Waals surface area contributed by atoms with Crippen LogP contribution in [0.15, 0.2) is 89.5 Å². The van der Waals surface area contributed by atoms with E-state index in [-0.39, 0.29) is 22.3 Å². The SMILES string of the molecule is CCc1ccc(NC(=O)CSC(Nc2ccccc2)=C(C#N)C(=O)Nc2ccc(Cl)cc2)cc1. The van der Waals surface area contributed by atoms with Crippen LogP contribution in [-0.4, -0.2) is 17.6 Å². The molecule has 0 aliphatic carbocycles. The smallest absolute Gasteiger partial charge is 0.269 e. The molecule has 34 heavy (non-hydrogen) atoms. The Labute approximate surface area is 208 Å². The molecule has 2 amide bonds. The average molecular weight is 491 g/mol. The molecule has 0 bridgehead atoms. The highest BCUT2D eigenvalue weighted by Crippen LogP contribution is 2.24. The molecule has 0 unspecified atom stereocenters. The quantitative estimate of drug-likeness (QED) is 0.250. The Balaban J connectivity index is 1.77. The molecule has 172 valence electrons. The number of nitrogens with one attached hydrogen (secondary N) is 3. The lowest BCUT2D eigenvalue weighted by Crippen LogP contribution is -2.19. The number of nitrogens with zero attached hydrogens (tertiary/aromatic N) is 1. The normalized spacial score (nSPS) is 11.1. The van der Waals surface area contributed by atoms with Crippen molar-refractivity contribution in [3.8, 4) is 6.07 Å². The van der Waals surface area contributed by atoms with Gasteiger partial charge in [-0.05, 0) is 60.5 Å². The second-order valence-electron chi connectivity index (χ2n) is 7.16. The zero-order valence-electron chi connectivity index (χ0n) is 18.5. The molecule has 6 nitrogen and oxygen atoms in total. The van der Waals surface area contributed by atoms with Gasteiger partial charge in [-0.1, -0.05) is 60.6 Å². The van der Waals surface area contributed by atoms with E-state index in [1.165, 1.54) is 5.56 Å². The minimum atomic E-state index is -0.591. The number of rotatable bonds is 9. The Morgan fingerprint density at radius 1 is 0.853 bits per heavy atom. The highest BCUT2D eigenvalue weighted by Gasteiger charge is 2.18. The minimum absolute atomic E-state index is 0.00407. The lowest BCUT2D eigenvalue weighted by molar-refractivity contribution is -0.114. The third-order valence-electron chi connectivity index (χ3n) is 4.69. The Hall–Kier alpha value is -3.73. The second kappa shape index (κ2) is 12.5. The van der Waals surface area contributed by atoms with Crippen molar-refractivity contribution in [2.24, 2.45) is 0 Å². The van der Waals surface area contributed by atoms with Crippen molar-refractivity contribution in [1.82, 2.24) is 0 Å². The molecule has 3 N–H and O–H groups in total. The molecule has 0 saturated heterocycles. The van der Waals surface area contributed by atoms with E-state index in [2.05, 4.69) is 22.9 Å². The zero-order chi connectivity index (χ0) is 24.3. The van der Waals surface area contributed by atoms with E-state index < -0.39 is 5.91 Å². The van der Waals surface area contributed by atoms with Crippen molar-refractivity contribution < 1.29 is 9.59 Å². The topological polar surface area (TPSA) is 94.0 Å². The van der Waals surface area contributed by atoms with Gasteiger partial charge in [-0.25, -0.2) is 0 Å². The van der Waals surface area contributed by atoms with Gasteiger partial charge in [-0.15, -0.1) is 0 Å². The fourth-order valence-corrected chi connectivity index (χ4v) is 3.86. The number of hydrogen-bond acceptors (Lipinski definition) is 5. The number of halogens is 1. The van der Waals surface area contributed by atoms with Gasteiger partial charge in [-0.2, -0.15) is 5.26 Å². The van der Waals surface area contributed by atoms with Gasteiger partial charge in [0.05, 0.1) is 10.8 Å². The van der Waals surface area contributed by atoms with Crippen LogP contribution in [0.2, 0.25) is 5.02 Å². The van der Waals surface area contributed by atoms with Crippen LogP contribution < -0.4 is 16.0 Å². The Bertz CT molecular complexity index is 1200. The standard InChI is InChI=1S/C26H23ClN4O2S/c1-2-18-8-12-21(13-9-18)29-24(32)17-34-26(31-20-6-4-3-5-7-20)23(16-28)25(33)30-22-14-10-19(27)11-15-22/h3-15,31H,2,17H2,1H3,(H,29,32)(H,30,33). The third kappa shape index (κ3) is 7.41. The number of para-hydroxylation sites is 1. The maximum absolute atomic E-state index is 12.9. The van der Waals surface area contributed by atoms with Crippen LogP contribution >= 0.6 is 23.4 Å². The molecule has 0 aliphatic heterocycles. The van der Waals surface area contributed by atoms with Gasteiger partial charge in [0.15, 0.2) is 0 Å². The molecular weight excluding hydrogens is 468 g/mol. The molecule has 0 fully saturated rings. The van der Waals surface area contributed by atoms with E-state index in [0.717, 1.165) is 18.2 Å². The molecule has 3 aromatic rings. The van der Waals surface area contributed by atoms with Gasteiger partial charge in [-0.3, -0.25) is 9.59 Å². The number of benzene rings is 3. The number of aryl methyl sites for hydroxylation is 1. The first kappa shape index (κ1) is 24.9. The first-order chi connectivity index (χ1) is 16.5. The molecule has 0 aliphatic rings. The Morgan fingerprint density at radius 2 is 1.44 bits per heavy atom. The molecule has 3 rings (SSSR count). The van der Waals surface area contributed by atoms with Gasteiger partial charge in [0.1, 0.15) is 11.6 Å². The zero-order valence-corrected chi connectivity index (χ0v) is 20.0. The van der Waals surface area contributed by atoms with Crippen molar-refractivity contribution in [2.45, 2.75) is 13.3 Å². The largest absolute Gasteiger partial charge is 0.349 e. The Morgan fingerprint density at radius 3 is 2.06 bits per heavy atom. The molecule has 0 spiro atoms. The van der Waals surface area contributed by atoms with Crippen molar-refractivity contribution >= 4 is 52.2 Å². The van der Waals surface area contributed by atoms with Crippen LogP contribution in [0.4, 0.5) is 17.1 Å². The number of amides is 2. The molecule has 8 heteroatoms. The van der Waals surface area contributed by atoms with E-state index in [1.54, 1.807) is 24.3 Å². The monoisotopic (exact) mass is 490 g/mol. The van der Waals surface area contributed by atoms with Crippen LogP contribution in [0.25, 0.3) is 0 Å². The maximum Gasteiger partial charge on any atom is 0.269 e. The van der Waals surface area contributed by atoms with E-state index in [4.69, 9.17) is 11.6 Å². The predicted octanol–water partition coefficient (Wildman–Crippen LogP) is 6.06. The summed E-state index contributed by atoms with van der Waals surface area (Å²) in [4.78, 5) is 25.4. The lowest BCUT2D eigenvalue weighted by Gasteiger charge is -2.14. The Kier molecular flexibility index (Phi) is 9.15. The molecule has 0 radical (unpaired) electrons. The minimum Gasteiger partial charge on any atom is -0.349 e. The molecule has 3 aromatic carbocycles. The van der Waals surface area contributed by atoms with Crippen LogP contribution in [-0.2, 0) is 16.0 Å². The molecule has 0 aromatic heterocycles. The average Bonchev–Trinajstić information content (AvgIpc) is 2.85. The number of carbonyl (C=O) groups excluding carboxylic acids is 2. The summed E-state index contributed by atoms with van der Waals surface area (Å²) < 4.78 is 0. The van der Waals surface area contributed by atoms with E-state index in [1.807, 2.05) is 60.7 Å². The summed E-state index contributed by atoms with van der Waals surface area (Å²) in [5.41, 5.74) is 2.91. The highest BCUT2D eigenvalue weighted by atomic mass is 35.5. The summed E-state index contributed by atoms with van der Waals surface area (Å²) in [5.74, 6) is -0.840. The maximum atomic E-state index is 12.9. The van der Waals surface area contributed by atoms with Crippen molar-refractivity contribution in [3.63, 3.8) is 0 Å². The molecular formula is C26H23ClN4O2S. The first-order valence-electron chi connectivity index (χ1n) is 10.5. The van der Waals surface area contributed by atoms with Crippen LogP contribution in [0.3, 0.4) is 0 Å². The number of anilines is 3. The summed E-state index contributed by atoms with van der Waals surface area (Å²) in [6, 6.07) is 25.3.